The fourth-order valence-electron chi connectivity index (χ4n) is 3.40. The summed E-state index contributed by atoms with van der Waals surface area (Å²) in [6.45, 7) is 1.88. The van der Waals surface area contributed by atoms with Crippen LogP contribution in [0.5, 0.6) is 11.6 Å². The average Bonchev–Trinajstić information content (AvgIpc) is 3.09. The standard InChI is InChI=1S/C25H22N4O3/c1-2-18(17-26-27-19-13-15-22(30)16-14-19)23-24(31)28(20-9-5-3-6-10-20)29(25(23)32)21-11-7-4-8-12-21/h3-17,30-31H,2H2,1H3/b18-17-,27-26?. The third-order valence-corrected chi connectivity index (χ3v) is 4.97. The van der Waals surface area contributed by atoms with Crippen molar-refractivity contribution in [2.75, 3.05) is 0 Å². The lowest BCUT2D eigenvalue weighted by Gasteiger charge is -2.12. The summed E-state index contributed by atoms with van der Waals surface area (Å²) in [6.07, 6.45) is 1.94. The summed E-state index contributed by atoms with van der Waals surface area (Å²) in [5.41, 5.74) is 2.20. The van der Waals surface area contributed by atoms with Gasteiger partial charge in [0.1, 0.15) is 11.3 Å². The molecule has 0 aliphatic heterocycles. The molecule has 32 heavy (non-hydrogen) atoms. The summed E-state index contributed by atoms with van der Waals surface area (Å²) in [5.74, 6) is -0.0274. The third kappa shape index (κ3) is 4.09. The number of aromatic hydroxyl groups is 2. The molecule has 2 N–H and O–H groups in total. The summed E-state index contributed by atoms with van der Waals surface area (Å²) in [6, 6.07) is 24.7. The minimum Gasteiger partial charge on any atom is -0.508 e. The Morgan fingerprint density at radius 2 is 1.41 bits per heavy atom. The van der Waals surface area contributed by atoms with Gasteiger partial charge in [0.15, 0.2) is 0 Å². The maximum Gasteiger partial charge on any atom is 0.283 e. The Morgan fingerprint density at radius 1 is 0.844 bits per heavy atom. The van der Waals surface area contributed by atoms with Gasteiger partial charge in [0.2, 0.25) is 5.88 Å². The predicted octanol–water partition coefficient (Wildman–Crippen LogP) is 5.57. The summed E-state index contributed by atoms with van der Waals surface area (Å²) < 4.78 is 2.94. The van der Waals surface area contributed by atoms with Gasteiger partial charge in [-0.15, -0.1) is 0 Å². The van der Waals surface area contributed by atoms with Crippen molar-refractivity contribution in [3.05, 3.63) is 107 Å². The predicted molar refractivity (Wildman–Crippen MR) is 124 cm³/mol. The van der Waals surface area contributed by atoms with Gasteiger partial charge >= 0.3 is 0 Å². The number of benzene rings is 3. The van der Waals surface area contributed by atoms with E-state index in [4.69, 9.17) is 0 Å². The lowest BCUT2D eigenvalue weighted by molar-refractivity contribution is 0.424. The topological polar surface area (TPSA) is 92.1 Å². The van der Waals surface area contributed by atoms with Crippen LogP contribution in [0.2, 0.25) is 0 Å². The first-order valence-electron chi connectivity index (χ1n) is 10.2. The molecule has 1 heterocycles. The van der Waals surface area contributed by atoms with Crippen LogP contribution in [0.1, 0.15) is 18.9 Å². The number of rotatable bonds is 6. The van der Waals surface area contributed by atoms with Crippen molar-refractivity contribution < 1.29 is 10.2 Å². The van der Waals surface area contributed by atoms with E-state index in [1.165, 1.54) is 27.7 Å². The first kappa shape index (κ1) is 20.9. The molecule has 4 aromatic rings. The highest BCUT2D eigenvalue weighted by Gasteiger charge is 2.23. The van der Waals surface area contributed by atoms with Gasteiger partial charge in [-0.05, 0) is 60.5 Å². The Kier molecular flexibility index (Phi) is 5.98. The van der Waals surface area contributed by atoms with Crippen molar-refractivity contribution in [2.45, 2.75) is 13.3 Å². The Morgan fingerprint density at radius 3 is 1.97 bits per heavy atom. The van der Waals surface area contributed by atoms with Gasteiger partial charge in [0.25, 0.3) is 5.56 Å². The first-order valence-corrected chi connectivity index (χ1v) is 10.2. The summed E-state index contributed by atoms with van der Waals surface area (Å²) in [5, 5.41) is 28.7. The number of nitrogens with zero attached hydrogens (tertiary/aromatic N) is 4. The largest absolute Gasteiger partial charge is 0.508 e. The Bertz CT molecular complexity index is 1320. The molecule has 7 heteroatoms. The molecule has 160 valence electrons. The van der Waals surface area contributed by atoms with Gasteiger partial charge in [-0.25, -0.2) is 9.36 Å². The second kappa shape index (κ2) is 9.18. The van der Waals surface area contributed by atoms with E-state index < -0.39 is 0 Å². The third-order valence-electron chi connectivity index (χ3n) is 4.97. The van der Waals surface area contributed by atoms with Crippen molar-refractivity contribution in [2.24, 2.45) is 10.2 Å². The molecule has 0 unspecified atom stereocenters. The van der Waals surface area contributed by atoms with E-state index in [-0.39, 0.29) is 22.8 Å². The molecule has 1 aromatic heterocycles. The highest BCUT2D eigenvalue weighted by atomic mass is 16.3. The number of aromatic nitrogens is 2. The van der Waals surface area contributed by atoms with Gasteiger partial charge in [0.05, 0.1) is 23.3 Å². The Labute approximate surface area is 184 Å². The summed E-state index contributed by atoms with van der Waals surface area (Å²) in [7, 11) is 0. The Balaban J connectivity index is 1.86. The van der Waals surface area contributed by atoms with Crippen LogP contribution in [0, 0.1) is 0 Å². The fourth-order valence-corrected chi connectivity index (χ4v) is 3.40. The second-order valence-electron chi connectivity index (χ2n) is 7.04. The SMILES string of the molecule is CC/C(=C/N=Nc1ccc(O)cc1)c1c(O)n(-c2ccccc2)n(-c2ccccc2)c1=O. The van der Waals surface area contributed by atoms with E-state index in [1.54, 1.807) is 12.1 Å². The maximum atomic E-state index is 13.5. The van der Waals surface area contributed by atoms with Crippen LogP contribution in [-0.4, -0.2) is 19.6 Å². The zero-order valence-electron chi connectivity index (χ0n) is 17.5. The van der Waals surface area contributed by atoms with Crippen molar-refractivity contribution >= 4 is 11.3 Å². The molecular formula is C25H22N4O3. The molecule has 4 rings (SSSR count). The van der Waals surface area contributed by atoms with Gasteiger partial charge in [-0.1, -0.05) is 43.3 Å². The van der Waals surface area contributed by atoms with Gasteiger partial charge in [-0.2, -0.15) is 10.2 Å². The molecule has 0 aliphatic rings. The van der Waals surface area contributed by atoms with Crippen LogP contribution < -0.4 is 5.56 Å². The summed E-state index contributed by atoms with van der Waals surface area (Å²) in [4.78, 5) is 13.5. The van der Waals surface area contributed by atoms with E-state index in [2.05, 4.69) is 10.2 Å². The fraction of sp³-hybridized carbons (Fsp3) is 0.0800. The maximum absolute atomic E-state index is 13.5. The molecule has 0 aliphatic carbocycles. The second-order valence-corrected chi connectivity index (χ2v) is 7.04. The molecule has 0 amide bonds. The molecule has 3 aromatic carbocycles. The first-order chi connectivity index (χ1) is 15.6. The highest BCUT2D eigenvalue weighted by Crippen LogP contribution is 2.29. The summed E-state index contributed by atoms with van der Waals surface area (Å²) >= 11 is 0. The van der Waals surface area contributed by atoms with Crippen LogP contribution in [0.25, 0.3) is 16.9 Å². The van der Waals surface area contributed by atoms with Crippen molar-refractivity contribution in [1.82, 2.24) is 9.36 Å². The zero-order chi connectivity index (χ0) is 22.5. The molecule has 7 nitrogen and oxygen atoms in total. The average molecular weight is 426 g/mol. The molecule has 0 saturated heterocycles. The van der Waals surface area contributed by atoms with Gasteiger partial charge < -0.3 is 10.2 Å². The van der Waals surface area contributed by atoms with E-state index in [9.17, 15) is 15.0 Å². The monoisotopic (exact) mass is 426 g/mol. The molecule has 0 radical (unpaired) electrons. The molecule has 0 bridgehead atoms. The lowest BCUT2D eigenvalue weighted by atomic mass is 10.1. The number of hydrogen-bond acceptors (Lipinski definition) is 5. The number of para-hydroxylation sites is 2. The van der Waals surface area contributed by atoms with Crippen LogP contribution in [0.4, 0.5) is 5.69 Å². The quantitative estimate of drug-likeness (QED) is 0.395. The minimum absolute atomic E-state index is 0.141. The van der Waals surface area contributed by atoms with E-state index in [0.717, 1.165) is 0 Å². The van der Waals surface area contributed by atoms with E-state index in [0.29, 0.717) is 29.1 Å². The van der Waals surface area contributed by atoms with Crippen molar-refractivity contribution in [1.29, 1.82) is 0 Å². The zero-order valence-corrected chi connectivity index (χ0v) is 17.5. The van der Waals surface area contributed by atoms with E-state index >= 15 is 0 Å². The Hall–Kier alpha value is -4.39. The highest BCUT2D eigenvalue weighted by molar-refractivity contribution is 5.69. The minimum atomic E-state index is -0.356. The normalized spacial score (nSPS) is 11.8. The number of phenols is 1. The van der Waals surface area contributed by atoms with Gasteiger partial charge in [-0.3, -0.25) is 4.79 Å². The number of allylic oxidation sites excluding steroid dienone is 1. The van der Waals surface area contributed by atoms with Gasteiger partial charge in [0, 0.05) is 0 Å². The van der Waals surface area contributed by atoms with Crippen molar-refractivity contribution in [3.63, 3.8) is 0 Å². The number of azo groups is 1. The lowest BCUT2D eigenvalue weighted by Crippen LogP contribution is -2.21. The molecule has 0 fully saturated rings. The van der Waals surface area contributed by atoms with Crippen LogP contribution in [0.3, 0.4) is 0 Å². The van der Waals surface area contributed by atoms with Crippen LogP contribution >= 0.6 is 0 Å². The molecule has 0 spiro atoms. The molecule has 0 saturated carbocycles. The molecular weight excluding hydrogens is 404 g/mol. The van der Waals surface area contributed by atoms with Crippen LogP contribution in [-0.2, 0) is 0 Å². The molecule has 0 atom stereocenters. The van der Waals surface area contributed by atoms with Crippen LogP contribution in [0.15, 0.2) is 106 Å². The van der Waals surface area contributed by atoms with Crippen molar-refractivity contribution in [3.8, 4) is 23.0 Å². The van der Waals surface area contributed by atoms with E-state index in [1.807, 2.05) is 67.6 Å². The smallest absolute Gasteiger partial charge is 0.283 e. The number of hydrogen-bond donors (Lipinski definition) is 2. The number of phenolic OH excluding ortho intramolecular Hbond substituents is 1.